The van der Waals surface area contributed by atoms with E-state index < -0.39 is 0 Å². The maximum absolute atomic E-state index is 5.94. The molecule has 106 valence electrons. The summed E-state index contributed by atoms with van der Waals surface area (Å²) in [5.41, 5.74) is 0. The second kappa shape index (κ2) is 6.57. The molecule has 1 N–H and O–H groups in total. The minimum absolute atomic E-state index is 0.733. The topological polar surface area (TPSA) is 24.5 Å². The van der Waals surface area contributed by atoms with Gasteiger partial charge in [0.05, 0.1) is 4.47 Å². The first kappa shape index (κ1) is 13.9. The van der Waals surface area contributed by atoms with E-state index in [0.717, 1.165) is 49.6 Å². The van der Waals surface area contributed by atoms with E-state index >= 15 is 0 Å². The summed E-state index contributed by atoms with van der Waals surface area (Å²) in [7, 11) is 0. The number of ether oxygens (including phenoxy) is 1. The van der Waals surface area contributed by atoms with Crippen molar-refractivity contribution in [2.45, 2.75) is 0 Å². The third kappa shape index (κ3) is 3.14. The van der Waals surface area contributed by atoms with Crippen molar-refractivity contribution >= 4 is 26.7 Å². The third-order valence-electron chi connectivity index (χ3n) is 3.70. The number of nitrogens with one attached hydrogen (secondary N) is 1. The molecule has 3 rings (SSSR count). The lowest BCUT2D eigenvalue weighted by atomic mass is 10.1. The Labute approximate surface area is 128 Å². The maximum atomic E-state index is 5.94. The van der Waals surface area contributed by atoms with Crippen LogP contribution in [-0.2, 0) is 0 Å². The van der Waals surface area contributed by atoms with Gasteiger partial charge in [-0.3, -0.25) is 4.90 Å². The van der Waals surface area contributed by atoms with Gasteiger partial charge in [0.15, 0.2) is 0 Å². The van der Waals surface area contributed by atoms with Crippen LogP contribution in [0, 0.1) is 0 Å². The normalized spacial score (nSPS) is 16.4. The molecule has 1 aliphatic rings. The maximum Gasteiger partial charge on any atom is 0.134 e. The molecule has 0 aliphatic carbocycles. The number of piperazine rings is 1. The molecule has 2 aromatic carbocycles. The molecule has 0 aromatic heterocycles. The summed E-state index contributed by atoms with van der Waals surface area (Å²) in [5, 5.41) is 5.79. The summed E-state index contributed by atoms with van der Waals surface area (Å²) in [6.07, 6.45) is 0. The standard InChI is InChI=1S/C16H19BrN2O/c17-16-14-4-2-1-3-13(14)5-6-15(16)20-12-11-19-9-7-18-8-10-19/h1-6,18H,7-12H2. The minimum Gasteiger partial charge on any atom is -0.491 e. The van der Waals surface area contributed by atoms with Gasteiger partial charge in [-0.25, -0.2) is 0 Å². The first-order chi connectivity index (χ1) is 9.84. The van der Waals surface area contributed by atoms with Crippen molar-refractivity contribution in [1.82, 2.24) is 10.2 Å². The van der Waals surface area contributed by atoms with Crippen molar-refractivity contribution in [2.24, 2.45) is 0 Å². The molecular weight excluding hydrogens is 316 g/mol. The van der Waals surface area contributed by atoms with Crippen molar-refractivity contribution in [3.8, 4) is 5.75 Å². The number of hydrogen-bond donors (Lipinski definition) is 1. The Morgan fingerprint density at radius 1 is 1.10 bits per heavy atom. The SMILES string of the molecule is Brc1c(OCCN2CCNCC2)ccc2ccccc12. The van der Waals surface area contributed by atoms with Gasteiger partial charge < -0.3 is 10.1 Å². The van der Waals surface area contributed by atoms with Crippen LogP contribution < -0.4 is 10.1 Å². The highest BCUT2D eigenvalue weighted by molar-refractivity contribution is 9.10. The molecule has 0 radical (unpaired) electrons. The summed E-state index contributed by atoms with van der Waals surface area (Å²) >= 11 is 3.66. The Kier molecular flexibility index (Phi) is 4.55. The molecule has 3 nitrogen and oxygen atoms in total. The quantitative estimate of drug-likeness (QED) is 0.930. The fraction of sp³-hybridized carbons (Fsp3) is 0.375. The molecule has 0 bridgehead atoms. The summed E-state index contributed by atoms with van der Waals surface area (Å²) in [4.78, 5) is 2.44. The van der Waals surface area contributed by atoms with Crippen LogP contribution in [0.25, 0.3) is 10.8 Å². The Balaban J connectivity index is 1.63. The van der Waals surface area contributed by atoms with Crippen LogP contribution in [0.1, 0.15) is 0 Å². The molecule has 1 saturated heterocycles. The molecule has 20 heavy (non-hydrogen) atoms. The van der Waals surface area contributed by atoms with Gasteiger partial charge in [0.2, 0.25) is 0 Å². The van der Waals surface area contributed by atoms with Crippen LogP contribution in [0.4, 0.5) is 0 Å². The molecule has 0 amide bonds. The van der Waals surface area contributed by atoms with Gasteiger partial charge in [0.1, 0.15) is 12.4 Å². The predicted octanol–water partition coefficient (Wildman–Crippen LogP) is 2.89. The second-order valence-electron chi connectivity index (χ2n) is 5.04. The predicted molar refractivity (Wildman–Crippen MR) is 86.5 cm³/mol. The number of fused-ring (bicyclic) bond motifs is 1. The Bertz CT molecular complexity index is 582. The zero-order chi connectivity index (χ0) is 13.8. The highest BCUT2D eigenvalue weighted by Crippen LogP contribution is 2.32. The summed E-state index contributed by atoms with van der Waals surface area (Å²) in [6, 6.07) is 12.5. The Morgan fingerprint density at radius 3 is 2.75 bits per heavy atom. The highest BCUT2D eigenvalue weighted by atomic mass is 79.9. The van der Waals surface area contributed by atoms with E-state index in [1.165, 1.54) is 10.8 Å². The van der Waals surface area contributed by atoms with E-state index in [-0.39, 0.29) is 0 Å². The van der Waals surface area contributed by atoms with E-state index in [4.69, 9.17) is 4.74 Å². The third-order valence-corrected chi connectivity index (χ3v) is 4.52. The van der Waals surface area contributed by atoms with Gasteiger partial charge in [-0.1, -0.05) is 30.3 Å². The van der Waals surface area contributed by atoms with Gasteiger partial charge in [-0.2, -0.15) is 0 Å². The average molecular weight is 335 g/mol. The lowest BCUT2D eigenvalue weighted by Crippen LogP contribution is -2.44. The fourth-order valence-corrected chi connectivity index (χ4v) is 3.15. The van der Waals surface area contributed by atoms with Crippen LogP contribution >= 0.6 is 15.9 Å². The van der Waals surface area contributed by atoms with E-state index in [1.807, 2.05) is 6.07 Å². The van der Waals surface area contributed by atoms with Crippen LogP contribution in [0.15, 0.2) is 40.9 Å². The number of benzene rings is 2. The van der Waals surface area contributed by atoms with Gasteiger partial charge in [-0.15, -0.1) is 0 Å². The second-order valence-corrected chi connectivity index (χ2v) is 5.83. The van der Waals surface area contributed by atoms with Gasteiger partial charge in [-0.05, 0) is 32.8 Å². The lowest BCUT2D eigenvalue weighted by molar-refractivity contribution is 0.191. The highest BCUT2D eigenvalue weighted by Gasteiger charge is 2.10. The van der Waals surface area contributed by atoms with Crippen molar-refractivity contribution in [2.75, 3.05) is 39.3 Å². The molecule has 1 heterocycles. The van der Waals surface area contributed by atoms with Crippen molar-refractivity contribution in [3.05, 3.63) is 40.9 Å². The monoisotopic (exact) mass is 334 g/mol. The summed E-state index contributed by atoms with van der Waals surface area (Å²) in [6.45, 7) is 6.11. The molecule has 2 aromatic rings. The Morgan fingerprint density at radius 2 is 1.90 bits per heavy atom. The largest absolute Gasteiger partial charge is 0.491 e. The number of rotatable bonds is 4. The van der Waals surface area contributed by atoms with E-state index in [9.17, 15) is 0 Å². The molecular formula is C16H19BrN2O. The zero-order valence-electron chi connectivity index (χ0n) is 11.4. The number of halogens is 1. The molecule has 1 fully saturated rings. The van der Waals surface area contributed by atoms with Crippen LogP contribution in [0.5, 0.6) is 5.75 Å². The molecule has 0 unspecified atom stereocenters. The van der Waals surface area contributed by atoms with Crippen molar-refractivity contribution in [3.63, 3.8) is 0 Å². The number of nitrogens with zero attached hydrogens (tertiary/aromatic N) is 1. The molecule has 0 saturated carbocycles. The summed E-state index contributed by atoms with van der Waals surface area (Å²) < 4.78 is 6.99. The van der Waals surface area contributed by atoms with E-state index in [0.29, 0.717) is 0 Å². The fourth-order valence-electron chi connectivity index (χ4n) is 2.54. The smallest absolute Gasteiger partial charge is 0.134 e. The van der Waals surface area contributed by atoms with Crippen LogP contribution in [0.2, 0.25) is 0 Å². The Hall–Kier alpha value is -1.10. The minimum atomic E-state index is 0.733. The van der Waals surface area contributed by atoms with Crippen LogP contribution in [0.3, 0.4) is 0 Å². The average Bonchev–Trinajstić information content (AvgIpc) is 2.51. The zero-order valence-corrected chi connectivity index (χ0v) is 13.0. The first-order valence-electron chi connectivity index (χ1n) is 7.08. The molecule has 1 aliphatic heterocycles. The lowest BCUT2D eigenvalue weighted by Gasteiger charge is -2.27. The summed E-state index contributed by atoms with van der Waals surface area (Å²) in [5.74, 6) is 0.929. The van der Waals surface area contributed by atoms with Crippen molar-refractivity contribution < 1.29 is 4.74 Å². The first-order valence-corrected chi connectivity index (χ1v) is 7.87. The number of hydrogen-bond acceptors (Lipinski definition) is 3. The van der Waals surface area contributed by atoms with E-state index in [2.05, 4.69) is 56.5 Å². The van der Waals surface area contributed by atoms with Gasteiger partial charge in [0.25, 0.3) is 0 Å². The van der Waals surface area contributed by atoms with E-state index in [1.54, 1.807) is 0 Å². The molecule has 4 heteroatoms. The van der Waals surface area contributed by atoms with Crippen LogP contribution in [-0.4, -0.2) is 44.2 Å². The molecule has 0 atom stereocenters. The van der Waals surface area contributed by atoms with Crippen molar-refractivity contribution in [1.29, 1.82) is 0 Å². The van der Waals surface area contributed by atoms with Gasteiger partial charge in [0, 0.05) is 32.7 Å². The van der Waals surface area contributed by atoms with Gasteiger partial charge >= 0.3 is 0 Å². The molecule has 0 spiro atoms.